The van der Waals surface area contributed by atoms with E-state index >= 15 is 0 Å². The number of fused-ring (bicyclic) bond motifs is 3. The summed E-state index contributed by atoms with van der Waals surface area (Å²) < 4.78 is 5.72. The third-order valence-electron chi connectivity index (χ3n) is 4.62. The Hall–Kier alpha value is -2.89. The Balaban J connectivity index is 1.76. The van der Waals surface area contributed by atoms with Gasteiger partial charge in [0.2, 0.25) is 5.88 Å². The molecule has 0 atom stereocenters. The lowest BCUT2D eigenvalue weighted by Crippen LogP contribution is -2.30. The number of anilines is 1. The number of furan rings is 1. The first kappa shape index (κ1) is 15.6. The predicted molar refractivity (Wildman–Crippen MR) is 98.3 cm³/mol. The van der Waals surface area contributed by atoms with Crippen LogP contribution in [0.1, 0.15) is 38.4 Å². The van der Waals surface area contributed by atoms with Crippen LogP contribution in [-0.2, 0) is 0 Å². The summed E-state index contributed by atoms with van der Waals surface area (Å²) in [5.74, 6) is 1.59. The van der Waals surface area contributed by atoms with Crippen LogP contribution in [0.4, 0.5) is 11.6 Å². The zero-order chi connectivity index (χ0) is 17.7. The van der Waals surface area contributed by atoms with Gasteiger partial charge in [0.1, 0.15) is 17.9 Å². The van der Waals surface area contributed by atoms with Gasteiger partial charge in [-0.15, -0.1) is 0 Å². The van der Waals surface area contributed by atoms with Crippen LogP contribution in [0.5, 0.6) is 0 Å². The summed E-state index contributed by atoms with van der Waals surface area (Å²) in [5.41, 5.74) is 5.30. The number of benzene rings is 1. The van der Waals surface area contributed by atoms with E-state index in [1.807, 2.05) is 25.7 Å². The Morgan fingerprint density at radius 3 is 2.64 bits per heavy atom. The highest BCUT2D eigenvalue weighted by atomic mass is 16.4. The molecule has 1 aromatic carbocycles. The molecule has 3 heterocycles. The molecule has 0 saturated heterocycles. The summed E-state index contributed by atoms with van der Waals surface area (Å²) in [5, 5.41) is 3.05. The van der Waals surface area contributed by atoms with Crippen LogP contribution >= 0.6 is 0 Å². The standard InChI is InChI=1S/C19H20N4O2/c1-10-7-11(2)16(12(3)8-10)22-18(24)14-13(4)25-19-15(14)17-20-5-6-23(17)9-21-19/h7-9H,5-6H2,1-4H3,(H,22,24). The molecular formula is C19H20N4O2. The smallest absolute Gasteiger partial charge is 0.260 e. The van der Waals surface area contributed by atoms with Crippen molar-refractivity contribution in [2.45, 2.75) is 27.7 Å². The predicted octanol–water partition coefficient (Wildman–Crippen LogP) is 3.50. The fraction of sp³-hybridized carbons (Fsp3) is 0.316. The van der Waals surface area contributed by atoms with Crippen LogP contribution in [0.15, 0.2) is 26.5 Å². The van der Waals surface area contributed by atoms with Crippen molar-refractivity contribution < 1.29 is 9.21 Å². The van der Waals surface area contributed by atoms with Crippen molar-refractivity contribution in [3.63, 3.8) is 0 Å². The van der Waals surface area contributed by atoms with Crippen molar-refractivity contribution >= 4 is 29.7 Å². The monoisotopic (exact) mass is 336 g/mol. The third kappa shape index (κ3) is 2.45. The molecule has 25 heavy (non-hydrogen) atoms. The van der Waals surface area contributed by atoms with Gasteiger partial charge in [-0.25, -0.2) is 4.99 Å². The minimum absolute atomic E-state index is 0.191. The second-order valence-electron chi connectivity index (χ2n) is 6.58. The largest absolute Gasteiger partial charge is 0.442 e. The fourth-order valence-electron chi connectivity index (χ4n) is 3.57. The van der Waals surface area contributed by atoms with Crippen molar-refractivity contribution in [3.8, 4) is 0 Å². The lowest BCUT2D eigenvalue weighted by Gasteiger charge is -2.18. The van der Waals surface area contributed by atoms with E-state index in [1.54, 1.807) is 13.3 Å². The number of carbonyl (C=O) groups excluding carboxylic acids is 1. The van der Waals surface area contributed by atoms with Gasteiger partial charge < -0.3 is 14.6 Å². The Morgan fingerprint density at radius 1 is 1.20 bits per heavy atom. The maximum Gasteiger partial charge on any atom is 0.260 e. The van der Waals surface area contributed by atoms with Crippen LogP contribution in [0, 0.1) is 27.7 Å². The summed E-state index contributed by atoms with van der Waals surface area (Å²) in [6.07, 6.45) is 1.72. The quantitative estimate of drug-likeness (QED) is 0.912. The highest BCUT2D eigenvalue weighted by molar-refractivity contribution is 6.19. The minimum atomic E-state index is -0.191. The molecule has 128 valence electrons. The Bertz CT molecular complexity index is 930. The van der Waals surface area contributed by atoms with E-state index in [9.17, 15) is 4.79 Å². The molecule has 1 amide bonds. The number of hydrogen-bond acceptors (Lipinski definition) is 5. The van der Waals surface area contributed by atoms with Gasteiger partial charge in [0.15, 0.2) is 0 Å². The SMILES string of the molecule is Cc1cc(C)c(NC(=O)c2c(C)oc3c2C2=NCCN2C=N3)c(C)c1. The molecule has 6 heteroatoms. The van der Waals surface area contributed by atoms with Crippen LogP contribution in [0.3, 0.4) is 0 Å². The zero-order valence-electron chi connectivity index (χ0n) is 14.8. The van der Waals surface area contributed by atoms with E-state index in [1.165, 1.54) is 5.56 Å². The van der Waals surface area contributed by atoms with Gasteiger partial charge in [-0.1, -0.05) is 17.7 Å². The number of amidine groups is 1. The Labute approximate surface area is 146 Å². The molecule has 0 spiro atoms. The summed E-state index contributed by atoms with van der Waals surface area (Å²) >= 11 is 0. The number of nitrogens with one attached hydrogen (secondary N) is 1. The van der Waals surface area contributed by atoms with E-state index in [4.69, 9.17) is 4.42 Å². The lowest BCUT2D eigenvalue weighted by atomic mass is 10.0. The molecule has 1 N–H and O–H groups in total. The molecule has 0 aliphatic carbocycles. The first-order chi connectivity index (χ1) is 12.0. The van der Waals surface area contributed by atoms with Gasteiger partial charge in [-0.2, -0.15) is 0 Å². The molecule has 1 aromatic heterocycles. The molecule has 0 saturated carbocycles. The molecule has 6 nitrogen and oxygen atoms in total. The van der Waals surface area contributed by atoms with E-state index < -0.39 is 0 Å². The van der Waals surface area contributed by atoms with Crippen LogP contribution in [0.25, 0.3) is 0 Å². The molecule has 4 rings (SSSR count). The average molecular weight is 336 g/mol. The van der Waals surface area contributed by atoms with Crippen molar-refractivity contribution in [1.82, 2.24) is 4.90 Å². The highest BCUT2D eigenvalue weighted by Gasteiger charge is 2.33. The number of rotatable bonds is 2. The normalized spacial score (nSPS) is 15.0. The summed E-state index contributed by atoms with van der Waals surface area (Å²) in [6.45, 7) is 9.31. The van der Waals surface area contributed by atoms with Gasteiger partial charge in [-0.05, 0) is 38.8 Å². The lowest BCUT2D eigenvalue weighted by molar-refractivity contribution is 0.102. The maximum atomic E-state index is 13.0. The van der Waals surface area contributed by atoms with E-state index in [0.29, 0.717) is 29.3 Å². The second-order valence-corrected chi connectivity index (χ2v) is 6.58. The Kier molecular flexibility index (Phi) is 3.49. The van der Waals surface area contributed by atoms with E-state index in [-0.39, 0.29) is 5.91 Å². The molecule has 0 radical (unpaired) electrons. The van der Waals surface area contributed by atoms with Gasteiger partial charge >= 0.3 is 0 Å². The van der Waals surface area contributed by atoms with E-state index in [2.05, 4.69) is 27.4 Å². The summed E-state index contributed by atoms with van der Waals surface area (Å²) in [7, 11) is 0. The zero-order valence-corrected chi connectivity index (χ0v) is 14.8. The summed E-state index contributed by atoms with van der Waals surface area (Å²) in [4.78, 5) is 23.9. The number of aliphatic imine (C=N–C) groups is 2. The van der Waals surface area contributed by atoms with Crippen LogP contribution in [-0.4, -0.2) is 36.1 Å². The van der Waals surface area contributed by atoms with Crippen LogP contribution in [0.2, 0.25) is 0 Å². The molecule has 0 bridgehead atoms. The van der Waals surface area contributed by atoms with Crippen molar-refractivity contribution in [1.29, 1.82) is 0 Å². The van der Waals surface area contributed by atoms with Crippen LogP contribution < -0.4 is 5.32 Å². The first-order valence-electron chi connectivity index (χ1n) is 8.34. The van der Waals surface area contributed by atoms with Crippen molar-refractivity contribution in [3.05, 3.63) is 45.7 Å². The average Bonchev–Trinajstić information content (AvgIpc) is 3.13. The minimum Gasteiger partial charge on any atom is -0.442 e. The number of aryl methyl sites for hydroxylation is 4. The van der Waals surface area contributed by atoms with Crippen molar-refractivity contribution in [2.24, 2.45) is 9.98 Å². The Morgan fingerprint density at radius 2 is 1.92 bits per heavy atom. The highest BCUT2D eigenvalue weighted by Crippen LogP contribution is 2.35. The number of nitrogens with zero attached hydrogens (tertiary/aromatic N) is 3. The molecular weight excluding hydrogens is 316 g/mol. The van der Waals surface area contributed by atoms with E-state index in [0.717, 1.165) is 29.2 Å². The van der Waals surface area contributed by atoms with Gasteiger partial charge in [0, 0.05) is 12.2 Å². The molecule has 0 unspecified atom stereocenters. The molecule has 0 fully saturated rings. The van der Waals surface area contributed by atoms with Gasteiger partial charge in [0.05, 0.1) is 17.7 Å². The summed E-state index contributed by atoms with van der Waals surface area (Å²) in [6, 6.07) is 4.13. The fourth-order valence-corrected chi connectivity index (χ4v) is 3.57. The number of amides is 1. The molecule has 2 aliphatic heterocycles. The second kappa shape index (κ2) is 5.58. The van der Waals surface area contributed by atoms with Gasteiger partial charge in [-0.3, -0.25) is 9.79 Å². The topological polar surface area (TPSA) is 70.2 Å². The number of hydrogen-bond donors (Lipinski definition) is 1. The van der Waals surface area contributed by atoms with Crippen molar-refractivity contribution in [2.75, 3.05) is 18.4 Å². The van der Waals surface area contributed by atoms with Gasteiger partial charge in [0.25, 0.3) is 5.91 Å². The maximum absolute atomic E-state index is 13.0. The first-order valence-corrected chi connectivity index (χ1v) is 8.34. The molecule has 2 aliphatic rings. The third-order valence-corrected chi connectivity index (χ3v) is 4.62. The molecule has 2 aromatic rings. The number of carbonyl (C=O) groups is 1.